The number of hydrogen-bond acceptors (Lipinski definition) is 6. The van der Waals surface area contributed by atoms with Gasteiger partial charge in [0.25, 0.3) is 0 Å². The van der Waals surface area contributed by atoms with Crippen molar-refractivity contribution in [3.63, 3.8) is 0 Å². The smallest absolute Gasteiger partial charge is 0.336 e. The Morgan fingerprint density at radius 1 is 0.618 bits per heavy atom. The van der Waals surface area contributed by atoms with Gasteiger partial charge in [0.1, 0.15) is 0 Å². The highest BCUT2D eigenvalue weighted by molar-refractivity contribution is 5.82. The van der Waals surface area contributed by atoms with E-state index in [-0.39, 0.29) is 18.6 Å². The lowest BCUT2D eigenvalue weighted by atomic mass is 10.1. The summed E-state index contributed by atoms with van der Waals surface area (Å²) < 4.78 is 22.5. The van der Waals surface area contributed by atoms with Crippen molar-refractivity contribution in [2.75, 3.05) is 19.8 Å². The lowest BCUT2D eigenvalue weighted by Gasteiger charge is -2.21. The average molecular weight is 487 g/mol. The summed E-state index contributed by atoms with van der Waals surface area (Å²) in [4.78, 5) is 25.3. The summed E-state index contributed by atoms with van der Waals surface area (Å²) in [7, 11) is 0. The quantitative estimate of drug-likeness (QED) is 0.106. The minimum absolute atomic E-state index is 0.103. The van der Waals surface area contributed by atoms with Gasteiger partial charge in [-0.3, -0.25) is 4.79 Å². The summed E-state index contributed by atoms with van der Waals surface area (Å²) in [5.41, 5.74) is 0. The standard InChI is InChI=1S/C28H54O6/c1-6-9-12-14-18-24(4)33-27(29)23-26(32-22-17-16-21-31-20-11-8-3)28(30)34-25(5)19-15-13-10-7-2/h24-26H,6-23H2,1-5H3. The predicted molar refractivity (Wildman–Crippen MR) is 138 cm³/mol. The lowest BCUT2D eigenvalue weighted by Crippen LogP contribution is -2.33. The van der Waals surface area contributed by atoms with E-state index in [0.29, 0.717) is 13.2 Å². The van der Waals surface area contributed by atoms with E-state index in [1.807, 2.05) is 13.8 Å². The van der Waals surface area contributed by atoms with Crippen LogP contribution in [0.4, 0.5) is 0 Å². The number of esters is 2. The number of rotatable bonds is 24. The first-order valence-electron chi connectivity index (χ1n) is 14.0. The maximum absolute atomic E-state index is 12.8. The molecule has 202 valence electrons. The van der Waals surface area contributed by atoms with Crippen molar-refractivity contribution in [2.24, 2.45) is 0 Å². The van der Waals surface area contributed by atoms with Gasteiger partial charge in [-0.15, -0.1) is 0 Å². The van der Waals surface area contributed by atoms with Gasteiger partial charge in [0.05, 0.1) is 18.6 Å². The van der Waals surface area contributed by atoms with Crippen molar-refractivity contribution in [1.29, 1.82) is 0 Å². The third kappa shape index (κ3) is 20.3. The Hall–Kier alpha value is -1.14. The number of unbranched alkanes of at least 4 members (excludes halogenated alkanes) is 8. The molecule has 0 heterocycles. The Kier molecular flexibility index (Phi) is 22.8. The SMILES string of the molecule is CCCCCCC(C)OC(=O)CC(OCCCCOCCCC)C(=O)OC(C)CCCCCC. The Morgan fingerprint density at radius 3 is 1.74 bits per heavy atom. The Labute approximate surface area is 209 Å². The van der Waals surface area contributed by atoms with E-state index >= 15 is 0 Å². The lowest BCUT2D eigenvalue weighted by molar-refractivity contribution is -0.169. The van der Waals surface area contributed by atoms with E-state index in [2.05, 4.69) is 20.8 Å². The van der Waals surface area contributed by atoms with E-state index in [1.54, 1.807) is 0 Å². The predicted octanol–water partition coefficient (Wildman–Crippen LogP) is 7.16. The maximum Gasteiger partial charge on any atom is 0.336 e. The van der Waals surface area contributed by atoms with Crippen molar-refractivity contribution < 1.29 is 28.5 Å². The highest BCUT2D eigenvalue weighted by atomic mass is 16.6. The molecule has 0 saturated heterocycles. The number of ether oxygens (including phenoxy) is 4. The van der Waals surface area contributed by atoms with Crippen molar-refractivity contribution in [3.05, 3.63) is 0 Å². The molecule has 0 radical (unpaired) electrons. The molecule has 0 aromatic carbocycles. The third-order valence-electron chi connectivity index (χ3n) is 5.84. The molecule has 0 N–H and O–H groups in total. The van der Waals surface area contributed by atoms with Crippen LogP contribution in [0.25, 0.3) is 0 Å². The molecule has 0 fully saturated rings. The summed E-state index contributed by atoms with van der Waals surface area (Å²) in [6.45, 7) is 12.2. The van der Waals surface area contributed by atoms with Crippen LogP contribution in [0.5, 0.6) is 0 Å². The molecule has 0 aliphatic heterocycles. The van der Waals surface area contributed by atoms with Crippen molar-refractivity contribution in [2.45, 2.75) is 149 Å². The van der Waals surface area contributed by atoms with E-state index in [4.69, 9.17) is 18.9 Å². The van der Waals surface area contributed by atoms with Gasteiger partial charge in [-0.1, -0.05) is 65.7 Å². The fourth-order valence-corrected chi connectivity index (χ4v) is 3.62. The minimum Gasteiger partial charge on any atom is -0.463 e. The zero-order valence-electron chi connectivity index (χ0n) is 22.9. The summed E-state index contributed by atoms with van der Waals surface area (Å²) in [6.07, 6.45) is 13.2. The van der Waals surface area contributed by atoms with E-state index < -0.39 is 18.0 Å². The van der Waals surface area contributed by atoms with Gasteiger partial charge in [-0.2, -0.15) is 0 Å². The molecule has 6 nitrogen and oxygen atoms in total. The largest absolute Gasteiger partial charge is 0.463 e. The summed E-state index contributed by atoms with van der Waals surface area (Å²) in [5.74, 6) is -0.863. The van der Waals surface area contributed by atoms with Crippen LogP contribution in [0.2, 0.25) is 0 Å². The van der Waals surface area contributed by atoms with Gasteiger partial charge >= 0.3 is 11.9 Å². The molecule has 0 saturated carbocycles. The number of carbonyl (C=O) groups is 2. The van der Waals surface area contributed by atoms with Gasteiger partial charge in [-0.25, -0.2) is 4.79 Å². The molecular weight excluding hydrogens is 432 g/mol. The highest BCUT2D eigenvalue weighted by Gasteiger charge is 2.27. The van der Waals surface area contributed by atoms with Crippen molar-refractivity contribution in [3.8, 4) is 0 Å². The van der Waals surface area contributed by atoms with Gasteiger partial charge < -0.3 is 18.9 Å². The molecule has 0 rings (SSSR count). The van der Waals surface area contributed by atoms with E-state index in [9.17, 15) is 9.59 Å². The molecule has 0 aromatic rings. The second-order valence-electron chi connectivity index (χ2n) is 9.48. The van der Waals surface area contributed by atoms with Crippen LogP contribution in [0.15, 0.2) is 0 Å². The summed E-state index contributed by atoms with van der Waals surface area (Å²) in [5, 5.41) is 0. The zero-order valence-corrected chi connectivity index (χ0v) is 22.9. The van der Waals surface area contributed by atoms with Gasteiger partial charge in [0.15, 0.2) is 6.10 Å². The molecule has 34 heavy (non-hydrogen) atoms. The topological polar surface area (TPSA) is 71.1 Å². The molecule has 6 heteroatoms. The summed E-state index contributed by atoms with van der Waals surface area (Å²) >= 11 is 0. The monoisotopic (exact) mass is 486 g/mol. The van der Waals surface area contributed by atoms with Crippen LogP contribution in [0, 0.1) is 0 Å². The molecule has 0 spiro atoms. The Morgan fingerprint density at radius 2 is 1.15 bits per heavy atom. The Bertz CT molecular complexity index is 482. The molecule has 0 aromatic heterocycles. The van der Waals surface area contributed by atoms with Gasteiger partial charge in [-0.05, 0) is 58.8 Å². The molecule has 0 aliphatic carbocycles. The molecule has 3 atom stereocenters. The molecule has 0 aliphatic rings. The second-order valence-corrected chi connectivity index (χ2v) is 9.48. The third-order valence-corrected chi connectivity index (χ3v) is 5.84. The van der Waals surface area contributed by atoms with Crippen LogP contribution in [0.1, 0.15) is 131 Å². The molecule has 3 unspecified atom stereocenters. The normalized spacial score (nSPS) is 13.9. The van der Waals surface area contributed by atoms with Crippen LogP contribution in [0.3, 0.4) is 0 Å². The van der Waals surface area contributed by atoms with E-state index in [0.717, 1.165) is 70.8 Å². The molecular formula is C28H54O6. The first-order valence-corrected chi connectivity index (χ1v) is 14.0. The van der Waals surface area contributed by atoms with Crippen molar-refractivity contribution >= 4 is 11.9 Å². The minimum atomic E-state index is -0.918. The Balaban J connectivity index is 4.54. The fourth-order valence-electron chi connectivity index (χ4n) is 3.62. The van der Waals surface area contributed by atoms with Crippen molar-refractivity contribution in [1.82, 2.24) is 0 Å². The maximum atomic E-state index is 12.8. The van der Waals surface area contributed by atoms with Crippen LogP contribution >= 0.6 is 0 Å². The first kappa shape index (κ1) is 32.9. The second kappa shape index (κ2) is 23.6. The molecule has 0 amide bonds. The molecule has 0 bridgehead atoms. The van der Waals surface area contributed by atoms with Crippen LogP contribution in [-0.4, -0.2) is 50.1 Å². The average Bonchev–Trinajstić information content (AvgIpc) is 2.80. The number of carbonyl (C=O) groups excluding carboxylic acids is 2. The van der Waals surface area contributed by atoms with E-state index in [1.165, 1.54) is 25.7 Å². The number of hydrogen-bond donors (Lipinski definition) is 0. The first-order chi connectivity index (χ1) is 16.4. The van der Waals surface area contributed by atoms with Gasteiger partial charge in [0, 0.05) is 19.8 Å². The van der Waals surface area contributed by atoms with Crippen LogP contribution in [-0.2, 0) is 28.5 Å². The van der Waals surface area contributed by atoms with Gasteiger partial charge in [0.2, 0.25) is 0 Å². The fraction of sp³-hybridized carbons (Fsp3) is 0.929. The van der Waals surface area contributed by atoms with Crippen LogP contribution < -0.4 is 0 Å². The highest BCUT2D eigenvalue weighted by Crippen LogP contribution is 2.14. The summed E-state index contributed by atoms with van der Waals surface area (Å²) in [6, 6.07) is 0. The zero-order chi connectivity index (χ0) is 25.4.